The van der Waals surface area contributed by atoms with Gasteiger partial charge in [0.1, 0.15) is 17.7 Å². The molecule has 0 aliphatic heterocycles. The predicted octanol–water partition coefficient (Wildman–Crippen LogP) is 5.16. The third-order valence-electron chi connectivity index (χ3n) is 5.91. The van der Waals surface area contributed by atoms with Crippen LogP contribution in [0.4, 0.5) is 4.79 Å². The second-order valence-electron chi connectivity index (χ2n) is 10.0. The van der Waals surface area contributed by atoms with Crippen molar-refractivity contribution in [3.63, 3.8) is 0 Å². The molecule has 2 N–H and O–H groups in total. The molecule has 0 heterocycles. The number of thioether (sulfide) groups is 1. The van der Waals surface area contributed by atoms with Crippen LogP contribution in [0.15, 0.2) is 48.5 Å². The van der Waals surface area contributed by atoms with Crippen LogP contribution in [-0.4, -0.2) is 53.0 Å². The van der Waals surface area contributed by atoms with Crippen molar-refractivity contribution >= 4 is 29.7 Å². The number of benzene rings is 2. The Kier molecular flexibility index (Phi) is 11.5. The van der Waals surface area contributed by atoms with Gasteiger partial charge in [0.15, 0.2) is 0 Å². The molecule has 0 radical (unpaired) electrons. The van der Waals surface area contributed by atoms with E-state index < -0.39 is 23.8 Å². The summed E-state index contributed by atoms with van der Waals surface area (Å²) in [5.74, 6) is 0.0835. The Morgan fingerprint density at radius 3 is 2.16 bits per heavy atom. The molecule has 202 valence electrons. The molecule has 3 amide bonds. The molecule has 0 aliphatic carbocycles. The van der Waals surface area contributed by atoms with E-state index in [2.05, 4.69) is 10.6 Å². The SMILES string of the molecule is CCN(C(=O)C(CCSC)NC(=O)OC(C)(C)C)C(C(=O)NCc1ccccc1)c1c(C)cccc1C. The van der Waals surface area contributed by atoms with Gasteiger partial charge in [0.25, 0.3) is 0 Å². The first kappa shape index (κ1) is 30.2. The largest absolute Gasteiger partial charge is 0.444 e. The number of alkyl carbamates (subject to hydrolysis) is 1. The standard InChI is InChI=1S/C29H41N3O4S/c1-8-32(27(34)23(17-18-37-7)31-28(35)36-29(4,5)6)25(24-20(2)13-12-14-21(24)3)26(33)30-19-22-15-10-9-11-16-22/h9-16,23,25H,8,17-19H2,1-7H3,(H,30,33)(H,31,35). The van der Waals surface area contributed by atoms with E-state index >= 15 is 0 Å². The number of hydrogen-bond donors (Lipinski definition) is 2. The van der Waals surface area contributed by atoms with Crippen molar-refractivity contribution in [3.8, 4) is 0 Å². The number of nitrogens with one attached hydrogen (secondary N) is 2. The Bertz CT molecular complexity index is 1030. The van der Waals surface area contributed by atoms with Crippen LogP contribution in [0.3, 0.4) is 0 Å². The summed E-state index contributed by atoms with van der Waals surface area (Å²) in [5, 5.41) is 5.78. The minimum Gasteiger partial charge on any atom is -0.444 e. The maximum atomic E-state index is 14.0. The monoisotopic (exact) mass is 527 g/mol. The lowest BCUT2D eigenvalue weighted by molar-refractivity contribution is -0.142. The lowest BCUT2D eigenvalue weighted by Crippen LogP contribution is -2.53. The van der Waals surface area contributed by atoms with Gasteiger partial charge in [0, 0.05) is 13.1 Å². The minimum absolute atomic E-state index is 0.266. The summed E-state index contributed by atoms with van der Waals surface area (Å²) in [6.45, 7) is 11.7. The van der Waals surface area contributed by atoms with Crippen molar-refractivity contribution in [2.24, 2.45) is 0 Å². The van der Waals surface area contributed by atoms with Crippen molar-refractivity contribution in [2.75, 3.05) is 18.6 Å². The first-order chi connectivity index (χ1) is 17.5. The van der Waals surface area contributed by atoms with E-state index in [0.717, 1.165) is 22.3 Å². The quantitative estimate of drug-likeness (QED) is 0.422. The van der Waals surface area contributed by atoms with E-state index in [1.54, 1.807) is 37.4 Å². The van der Waals surface area contributed by atoms with Crippen LogP contribution in [0.25, 0.3) is 0 Å². The fraction of sp³-hybridized carbons (Fsp3) is 0.483. The van der Waals surface area contributed by atoms with E-state index in [-0.39, 0.29) is 11.8 Å². The molecule has 0 saturated heterocycles. The first-order valence-electron chi connectivity index (χ1n) is 12.6. The van der Waals surface area contributed by atoms with Crippen molar-refractivity contribution in [1.29, 1.82) is 0 Å². The topological polar surface area (TPSA) is 87.7 Å². The molecule has 7 nitrogen and oxygen atoms in total. The number of carbonyl (C=O) groups excluding carboxylic acids is 3. The molecule has 2 atom stereocenters. The molecule has 2 aromatic rings. The molecule has 0 saturated carbocycles. The molecule has 2 aromatic carbocycles. The molecule has 0 aromatic heterocycles. The molecule has 0 fully saturated rings. The van der Waals surface area contributed by atoms with Crippen LogP contribution >= 0.6 is 11.8 Å². The Hall–Kier alpha value is -3.00. The van der Waals surface area contributed by atoms with E-state index in [0.29, 0.717) is 25.3 Å². The maximum Gasteiger partial charge on any atom is 0.408 e. The van der Waals surface area contributed by atoms with Crippen LogP contribution in [0, 0.1) is 13.8 Å². The smallest absolute Gasteiger partial charge is 0.408 e. The van der Waals surface area contributed by atoms with E-state index in [4.69, 9.17) is 4.74 Å². The first-order valence-corrected chi connectivity index (χ1v) is 14.0. The predicted molar refractivity (Wildman–Crippen MR) is 150 cm³/mol. The van der Waals surface area contributed by atoms with Crippen LogP contribution in [-0.2, 0) is 20.9 Å². The van der Waals surface area contributed by atoms with E-state index in [1.165, 1.54) is 0 Å². The van der Waals surface area contributed by atoms with Gasteiger partial charge in [-0.3, -0.25) is 9.59 Å². The van der Waals surface area contributed by atoms with E-state index in [9.17, 15) is 14.4 Å². The molecule has 2 rings (SSSR count). The van der Waals surface area contributed by atoms with Crippen molar-refractivity contribution in [3.05, 3.63) is 70.8 Å². The average Bonchev–Trinajstić information content (AvgIpc) is 2.83. The van der Waals surface area contributed by atoms with Crippen molar-refractivity contribution < 1.29 is 19.1 Å². The Balaban J connectivity index is 2.43. The van der Waals surface area contributed by atoms with Gasteiger partial charge < -0.3 is 20.3 Å². The normalized spacial score (nSPS) is 12.8. The van der Waals surface area contributed by atoms with Gasteiger partial charge >= 0.3 is 6.09 Å². The fourth-order valence-corrected chi connectivity index (χ4v) is 4.65. The summed E-state index contributed by atoms with van der Waals surface area (Å²) < 4.78 is 5.42. The fourth-order valence-electron chi connectivity index (χ4n) is 4.18. The average molecular weight is 528 g/mol. The highest BCUT2D eigenvalue weighted by atomic mass is 32.2. The molecule has 8 heteroatoms. The summed E-state index contributed by atoms with van der Waals surface area (Å²) in [4.78, 5) is 41.9. The number of likely N-dealkylation sites (N-methyl/N-ethyl adjacent to an activating group) is 1. The summed E-state index contributed by atoms with van der Waals surface area (Å²) in [6, 6.07) is 13.8. The number of hydrogen-bond acceptors (Lipinski definition) is 5. The van der Waals surface area contributed by atoms with Gasteiger partial charge in [0.2, 0.25) is 11.8 Å². The molecule has 0 bridgehead atoms. The zero-order chi connectivity index (χ0) is 27.6. The summed E-state index contributed by atoms with van der Waals surface area (Å²) >= 11 is 1.59. The minimum atomic E-state index is -0.848. The number of nitrogens with zero attached hydrogens (tertiary/aromatic N) is 1. The lowest BCUT2D eigenvalue weighted by Gasteiger charge is -2.35. The Morgan fingerprint density at radius 1 is 1.00 bits per heavy atom. The molecule has 2 unspecified atom stereocenters. The molecule has 0 aliphatic rings. The van der Waals surface area contributed by atoms with Gasteiger partial charge in [-0.05, 0) is 82.2 Å². The van der Waals surface area contributed by atoms with Gasteiger partial charge in [-0.15, -0.1) is 0 Å². The summed E-state index contributed by atoms with van der Waals surface area (Å²) in [7, 11) is 0. The Labute approximate surface area is 225 Å². The summed E-state index contributed by atoms with van der Waals surface area (Å²) in [5.41, 5.74) is 2.91. The van der Waals surface area contributed by atoms with Crippen LogP contribution in [0.2, 0.25) is 0 Å². The molecule has 37 heavy (non-hydrogen) atoms. The second-order valence-corrected chi connectivity index (χ2v) is 11.0. The summed E-state index contributed by atoms with van der Waals surface area (Å²) in [6.07, 6.45) is 1.71. The highest BCUT2D eigenvalue weighted by Crippen LogP contribution is 2.29. The molecule has 0 spiro atoms. The maximum absolute atomic E-state index is 14.0. The van der Waals surface area contributed by atoms with Crippen LogP contribution in [0.5, 0.6) is 0 Å². The molecular weight excluding hydrogens is 486 g/mol. The third-order valence-corrected chi connectivity index (χ3v) is 6.55. The van der Waals surface area contributed by atoms with Crippen molar-refractivity contribution in [2.45, 2.75) is 72.2 Å². The highest BCUT2D eigenvalue weighted by molar-refractivity contribution is 7.98. The van der Waals surface area contributed by atoms with Gasteiger partial charge in [-0.1, -0.05) is 48.5 Å². The van der Waals surface area contributed by atoms with E-state index in [1.807, 2.05) is 75.6 Å². The van der Waals surface area contributed by atoms with Gasteiger partial charge in [0.05, 0.1) is 0 Å². The number of carbonyl (C=O) groups is 3. The number of amides is 3. The zero-order valence-corrected chi connectivity index (χ0v) is 23.9. The van der Waals surface area contributed by atoms with Crippen LogP contribution < -0.4 is 10.6 Å². The number of rotatable bonds is 11. The molecular formula is C29H41N3O4S. The number of ether oxygens (including phenoxy) is 1. The third kappa shape index (κ3) is 9.11. The van der Waals surface area contributed by atoms with Crippen molar-refractivity contribution in [1.82, 2.24) is 15.5 Å². The highest BCUT2D eigenvalue weighted by Gasteiger charge is 2.36. The zero-order valence-electron chi connectivity index (χ0n) is 23.1. The number of aryl methyl sites for hydroxylation is 2. The van der Waals surface area contributed by atoms with Gasteiger partial charge in [-0.25, -0.2) is 4.79 Å². The lowest BCUT2D eigenvalue weighted by atomic mass is 9.93. The van der Waals surface area contributed by atoms with Gasteiger partial charge in [-0.2, -0.15) is 11.8 Å². The van der Waals surface area contributed by atoms with Crippen LogP contribution in [0.1, 0.15) is 62.4 Å². The second kappa shape index (κ2) is 14.1. The Morgan fingerprint density at radius 2 is 1.62 bits per heavy atom.